The van der Waals surface area contributed by atoms with Gasteiger partial charge in [0.25, 0.3) is 0 Å². The molecule has 0 saturated heterocycles. The second kappa shape index (κ2) is 5.12. The van der Waals surface area contributed by atoms with Crippen molar-refractivity contribution in [2.24, 2.45) is 0 Å². The Morgan fingerprint density at radius 3 is 2.69 bits per heavy atom. The van der Waals surface area contributed by atoms with Crippen LogP contribution in [0.1, 0.15) is 24.9 Å². The van der Waals surface area contributed by atoms with Gasteiger partial charge in [-0.05, 0) is 37.5 Å². The SMILES string of the molecule is C[C@H](CCc1ccccc1)n1cc[nH]c1=S. The van der Waals surface area contributed by atoms with Crippen molar-refractivity contribution in [3.05, 3.63) is 53.1 Å². The van der Waals surface area contributed by atoms with Crippen molar-refractivity contribution in [1.29, 1.82) is 0 Å². The van der Waals surface area contributed by atoms with Crippen molar-refractivity contribution >= 4 is 12.2 Å². The molecule has 0 aliphatic rings. The lowest BCUT2D eigenvalue weighted by molar-refractivity contribution is 0.501. The van der Waals surface area contributed by atoms with E-state index < -0.39 is 0 Å². The van der Waals surface area contributed by atoms with Gasteiger partial charge in [0.2, 0.25) is 0 Å². The van der Waals surface area contributed by atoms with Crippen molar-refractivity contribution in [3.8, 4) is 0 Å². The second-order valence-electron chi connectivity index (χ2n) is 4.05. The Morgan fingerprint density at radius 2 is 2.06 bits per heavy atom. The zero-order valence-corrected chi connectivity index (χ0v) is 10.2. The van der Waals surface area contributed by atoms with E-state index in [4.69, 9.17) is 12.2 Å². The molecule has 0 spiro atoms. The van der Waals surface area contributed by atoms with E-state index in [2.05, 4.69) is 46.8 Å². The minimum Gasteiger partial charge on any atom is -0.337 e. The molecule has 0 amide bonds. The van der Waals surface area contributed by atoms with Crippen LogP contribution in [0.4, 0.5) is 0 Å². The average Bonchev–Trinajstić information content (AvgIpc) is 2.74. The molecule has 16 heavy (non-hydrogen) atoms. The lowest BCUT2D eigenvalue weighted by atomic mass is 10.1. The first-order valence-electron chi connectivity index (χ1n) is 5.57. The fourth-order valence-corrected chi connectivity index (χ4v) is 2.15. The van der Waals surface area contributed by atoms with Gasteiger partial charge in [0, 0.05) is 18.4 Å². The van der Waals surface area contributed by atoms with Gasteiger partial charge in [-0.2, -0.15) is 0 Å². The number of nitrogens with zero attached hydrogens (tertiary/aromatic N) is 1. The molecule has 2 aromatic rings. The topological polar surface area (TPSA) is 20.7 Å². The molecule has 0 bridgehead atoms. The molecular formula is C13H16N2S. The summed E-state index contributed by atoms with van der Waals surface area (Å²) in [4.78, 5) is 3.03. The third-order valence-corrected chi connectivity index (χ3v) is 3.17. The van der Waals surface area contributed by atoms with Crippen LogP contribution in [0.25, 0.3) is 0 Å². The molecule has 0 aliphatic heterocycles. The number of aromatic nitrogens is 2. The van der Waals surface area contributed by atoms with Crippen molar-refractivity contribution in [2.45, 2.75) is 25.8 Å². The Balaban J connectivity index is 1.97. The maximum atomic E-state index is 5.20. The van der Waals surface area contributed by atoms with E-state index in [1.165, 1.54) is 5.56 Å². The zero-order valence-electron chi connectivity index (χ0n) is 9.39. The van der Waals surface area contributed by atoms with Gasteiger partial charge in [-0.3, -0.25) is 0 Å². The van der Waals surface area contributed by atoms with Gasteiger partial charge in [-0.15, -0.1) is 0 Å². The Bertz CT molecular complexity index is 484. The third kappa shape index (κ3) is 2.61. The zero-order chi connectivity index (χ0) is 11.4. The van der Waals surface area contributed by atoms with Crippen molar-refractivity contribution in [2.75, 3.05) is 0 Å². The third-order valence-electron chi connectivity index (χ3n) is 2.84. The van der Waals surface area contributed by atoms with Crippen molar-refractivity contribution in [1.82, 2.24) is 9.55 Å². The van der Waals surface area contributed by atoms with E-state index >= 15 is 0 Å². The van der Waals surface area contributed by atoms with Crippen LogP contribution in [0.5, 0.6) is 0 Å². The summed E-state index contributed by atoms with van der Waals surface area (Å²) < 4.78 is 2.92. The number of H-pyrrole nitrogens is 1. The monoisotopic (exact) mass is 232 g/mol. The molecule has 1 heterocycles. The maximum Gasteiger partial charge on any atom is 0.177 e. The van der Waals surface area contributed by atoms with E-state index in [9.17, 15) is 0 Å². The van der Waals surface area contributed by atoms with Gasteiger partial charge < -0.3 is 9.55 Å². The average molecular weight is 232 g/mol. The normalized spacial score (nSPS) is 12.6. The Hall–Kier alpha value is -1.35. The first-order chi connectivity index (χ1) is 7.77. The van der Waals surface area contributed by atoms with Crippen LogP contribution < -0.4 is 0 Å². The van der Waals surface area contributed by atoms with Crippen LogP contribution in [0.2, 0.25) is 0 Å². The summed E-state index contributed by atoms with van der Waals surface area (Å²) in [5.41, 5.74) is 1.39. The summed E-state index contributed by atoms with van der Waals surface area (Å²) in [6.45, 7) is 2.20. The van der Waals surface area contributed by atoms with E-state index in [0.29, 0.717) is 6.04 Å². The Kier molecular flexibility index (Phi) is 3.57. The van der Waals surface area contributed by atoms with Gasteiger partial charge in [0.05, 0.1) is 0 Å². The molecule has 1 atom stereocenters. The minimum atomic E-state index is 0.443. The quantitative estimate of drug-likeness (QED) is 0.796. The number of nitrogens with one attached hydrogen (secondary N) is 1. The summed E-state index contributed by atoms with van der Waals surface area (Å²) in [7, 11) is 0. The van der Waals surface area contributed by atoms with Crippen molar-refractivity contribution < 1.29 is 0 Å². The van der Waals surface area contributed by atoms with Gasteiger partial charge in [-0.1, -0.05) is 30.3 Å². The van der Waals surface area contributed by atoms with Crippen LogP contribution in [0.3, 0.4) is 0 Å². The van der Waals surface area contributed by atoms with E-state index in [1.54, 1.807) is 0 Å². The molecule has 84 valence electrons. The van der Waals surface area contributed by atoms with E-state index in [-0.39, 0.29) is 0 Å². The lowest BCUT2D eigenvalue weighted by Gasteiger charge is -2.12. The Labute approximate surface area is 101 Å². The molecule has 1 aromatic carbocycles. The van der Waals surface area contributed by atoms with Crippen LogP contribution in [0.15, 0.2) is 42.7 Å². The van der Waals surface area contributed by atoms with Crippen molar-refractivity contribution in [3.63, 3.8) is 0 Å². The number of rotatable bonds is 4. The lowest BCUT2D eigenvalue weighted by Crippen LogP contribution is -2.05. The number of benzene rings is 1. The van der Waals surface area contributed by atoms with Gasteiger partial charge in [0.1, 0.15) is 0 Å². The van der Waals surface area contributed by atoms with Crippen LogP contribution in [-0.4, -0.2) is 9.55 Å². The molecule has 2 nitrogen and oxygen atoms in total. The highest BCUT2D eigenvalue weighted by molar-refractivity contribution is 7.71. The molecule has 0 unspecified atom stereocenters. The standard InChI is InChI=1S/C13H16N2S/c1-11(15-10-9-14-13(15)16)7-8-12-5-3-2-4-6-12/h2-6,9-11H,7-8H2,1H3,(H,14,16)/t11-/m1/s1. The number of hydrogen-bond acceptors (Lipinski definition) is 1. The summed E-state index contributed by atoms with van der Waals surface area (Å²) in [5.74, 6) is 0. The highest BCUT2D eigenvalue weighted by Gasteiger charge is 2.05. The summed E-state index contributed by atoms with van der Waals surface area (Å²) in [6.07, 6.45) is 6.10. The molecule has 0 saturated carbocycles. The summed E-state index contributed by atoms with van der Waals surface area (Å²) >= 11 is 5.20. The fraction of sp³-hybridized carbons (Fsp3) is 0.308. The number of hydrogen-bond donors (Lipinski definition) is 1. The van der Waals surface area contributed by atoms with E-state index in [0.717, 1.165) is 17.6 Å². The highest BCUT2D eigenvalue weighted by atomic mass is 32.1. The highest BCUT2D eigenvalue weighted by Crippen LogP contribution is 2.14. The maximum absolute atomic E-state index is 5.20. The predicted octanol–water partition coefficient (Wildman–Crippen LogP) is 3.74. The smallest absolute Gasteiger partial charge is 0.177 e. The summed E-state index contributed by atoms with van der Waals surface area (Å²) in [6, 6.07) is 11.0. The van der Waals surface area contributed by atoms with Gasteiger partial charge in [0.15, 0.2) is 4.77 Å². The Morgan fingerprint density at radius 1 is 1.31 bits per heavy atom. The largest absolute Gasteiger partial charge is 0.337 e. The predicted molar refractivity (Wildman–Crippen MR) is 69.1 cm³/mol. The van der Waals surface area contributed by atoms with Crippen LogP contribution in [-0.2, 0) is 6.42 Å². The second-order valence-corrected chi connectivity index (χ2v) is 4.43. The first-order valence-corrected chi connectivity index (χ1v) is 5.97. The number of aryl methyl sites for hydroxylation is 1. The van der Waals surface area contributed by atoms with E-state index in [1.807, 2.05) is 12.4 Å². The molecule has 1 aromatic heterocycles. The first kappa shape index (κ1) is 11.1. The fourth-order valence-electron chi connectivity index (χ4n) is 1.84. The van der Waals surface area contributed by atoms with Gasteiger partial charge >= 0.3 is 0 Å². The minimum absolute atomic E-state index is 0.443. The molecular weight excluding hydrogens is 216 g/mol. The molecule has 0 aliphatic carbocycles. The molecule has 0 fully saturated rings. The molecule has 2 rings (SSSR count). The molecule has 1 N–H and O–H groups in total. The number of aromatic amines is 1. The van der Waals surface area contributed by atoms with Crippen LogP contribution >= 0.6 is 12.2 Å². The summed E-state index contributed by atoms with van der Waals surface area (Å²) in [5, 5.41) is 0. The molecule has 0 radical (unpaired) electrons. The van der Waals surface area contributed by atoms with Crippen LogP contribution in [0, 0.1) is 4.77 Å². The molecule has 3 heteroatoms. The number of imidazole rings is 1. The van der Waals surface area contributed by atoms with Gasteiger partial charge in [-0.25, -0.2) is 0 Å².